The molecule has 1 aliphatic heterocycles. The molecule has 3 aromatic carbocycles. The molecule has 4 aromatic rings. The third-order valence-corrected chi connectivity index (χ3v) is 9.57. The molecule has 0 bridgehead atoms. The number of nitrogens with zero attached hydrogens (tertiary/aromatic N) is 3. The number of ether oxygens (including phenoxy) is 1. The van der Waals surface area contributed by atoms with Gasteiger partial charge in [0.05, 0.1) is 32.8 Å². The number of fused-ring (bicyclic) bond motifs is 1. The molecular weight excluding hydrogens is 602 g/mol. The van der Waals surface area contributed by atoms with Gasteiger partial charge in [-0.25, -0.2) is 22.6 Å². The fourth-order valence-corrected chi connectivity index (χ4v) is 6.66. The van der Waals surface area contributed by atoms with E-state index in [1.807, 2.05) is 12.1 Å². The summed E-state index contributed by atoms with van der Waals surface area (Å²) in [4.78, 5) is 16.5. The second kappa shape index (κ2) is 14.4. The highest BCUT2D eigenvalue weighted by Gasteiger charge is 2.22. The van der Waals surface area contributed by atoms with Crippen molar-refractivity contribution in [3.05, 3.63) is 78.0 Å². The van der Waals surface area contributed by atoms with Crippen molar-refractivity contribution in [1.82, 2.24) is 14.8 Å². The van der Waals surface area contributed by atoms with Crippen LogP contribution in [0.1, 0.15) is 49.9 Å². The Balaban J connectivity index is 1.35. The van der Waals surface area contributed by atoms with E-state index in [1.54, 1.807) is 6.07 Å². The van der Waals surface area contributed by atoms with Crippen molar-refractivity contribution in [3.8, 4) is 0 Å². The van der Waals surface area contributed by atoms with Crippen LogP contribution in [-0.2, 0) is 14.6 Å². The van der Waals surface area contributed by atoms with Crippen LogP contribution in [0.3, 0.4) is 0 Å². The Kier molecular flexibility index (Phi) is 10.3. The fraction of sp³-hybridized carbons (Fsp3) is 0.375. The van der Waals surface area contributed by atoms with E-state index in [4.69, 9.17) is 4.74 Å². The summed E-state index contributed by atoms with van der Waals surface area (Å²) in [6.45, 7) is 8.75. The molecule has 45 heavy (non-hydrogen) atoms. The van der Waals surface area contributed by atoms with Crippen molar-refractivity contribution in [1.29, 1.82) is 0 Å². The van der Waals surface area contributed by atoms with Gasteiger partial charge in [0, 0.05) is 30.3 Å². The molecule has 0 aliphatic carbocycles. The summed E-state index contributed by atoms with van der Waals surface area (Å²) in [5, 5.41) is 11.5. The molecule has 1 fully saturated rings. The molecule has 5 rings (SSSR count). The standard InChI is InChI=1S/C32H38F2N6O4S/c1-3-39(4-2)14-7-13-35-25-9-11-28(29(20-25)37-31-8-5-6-15-44-31)32(41)38-40-30-12-10-26(16-22(30)21-36-40)45(42,43)27-18-23(33)17-24(34)19-27/h9-12,16-21,31,35,37H,3-8,13-15H2,1-2H3,(H,38,41). The van der Waals surface area contributed by atoms with Crippen LogP contribution in [0.4, 0.5) is 20.2 Å². The Hall–Kier alpha value is -4.07. The van der Waals surface area contributed by atoms with E-state index in [2.05, 4.69) is 39.9 Å². The minimum absolute atomic E-state index is 0.162. The monoisotopic (exact) mass is 640 g/mol. The summed E-state index contributed by atoms with van der Waals surface area (Å²) in [5.74, 6) is -2.42. The highest BCUT2D eigenvalue weighted by molar-refractivity contribution is 7.91. The number of nitrogens with one attached hydrogen (secondary N) is 3. The first-order chi connectivity index (χ1) is 21.7. The van der Waals surface area contributed by atoms with Gasteiger partial charge in [0.15, 0.2) is 0 Å². The van der Waals surface area contributed by atoms with E-state index in [1.165, 1.54) is 29.2 Å². The second-order valence-electron chi connectivity index (χ2n) is 10.9. The number of hydrogen-bond acceptors (Lipinski definition) is 8. The largest absolute Gasteiger partial charge is 0.385 e. The Morgan fingerprint density at radius 2 is 1.80 bits per heavy atom. The number of rotatable bonds is 13. The molecule has 1 atom stereocenters. The lowest BCUT2D eigenvalue weighted by atomic mass is 10.1. The van der Waals surface area contributed by atoms with E-state index >= 15 is 0 Å². The summed E-state index contributed by atoms with van der Waals surface area (Å²) >= 11 is 0. The van der Waals surface area contributed by atoms with E-state index in [0.717, 1.165) is 69.7 Å². The van der Waals surface area contributed by atoms with Gasteiger partial charge in [-0.1, -0.05) is 13.8 Å². The summed E-state index contributed by atoms with van der Waals surface area (Å²) < 4.78 is 59.4. The van der Waals surface area contributed by atoms with Gasteiger partial charge in [-0.2, -0.15) is 9.89 Å². The van der Waals surface area contributed by atoms with Gasteiger partial charge in [-0.05, 0) is 93.8 Å². The van der Waals surface area contributed by atoms with Crippen LogP contribution in [0.5, 0.6) is 0 Å². The first-order valence-electron chi connectivity index (χ1n) is 15.2. The molecule has 1 aliphatic rings. The number of benzene rings is 3. The molecule has 1 amide bonds. The lowest BCUT2D eigenvalue weighted by Gasteiger charge is -2.26. The minimum Gasteiger partial charge on any atom is -0.385 e. The Morgan fingerprint density at radius 1 is 1.02 bits per heavy atom. The van der Waals surface area contributed by atoms with E-state index in [0.29, 0.717) is 34.8 Å². The molecule has 240 valence electrons. The highest BCUT2D eigenvalue weighted by atomic mass is 32.2. The minimum atomic E-state index is -4.20. The molecule has 13 heteroatoms. The van der Waals surface area contributed by atoms with Crippen LogP contribution >= 0.6 is 0 Å². The maximum Gasteiger partial charge on any atom is 0.273 e. The number of hydrogen-bond donors (Lipinski definition) is 3. The quantitative estimate of drug-likeness (QED) is 0.162. The normalized spacial score (nSPS) is 15.4. The van der Waals surface area contributed by atoms with Crippen LogP contribution in [0, 0.1) is 11.6 Å². The number of halogens is 2. The van der Waals surface area contributed by atoms with Crippen molar-refractivity contribution in [2.75, 3.05) is 48.8 Å². The van der Waals surface area contributed by atoms with Gasteiger partial charge in [0.25, 0.3) is 5.91 Å². The number of aromatic nitrogens is 2. The maximum absolute atomic E-state index is 13.7. The predicted octanol–water partition coefficient (Wildman–Crippen LogP) is 5.61. The summed E-state index contributed by atoms with van der Waals surface area (Å²) in [6.07, 6.45) is 5.00. The number of amides is 1. The number of sulfone groups is 1. The zero-order chi connectivity index (χ0) is 32.0. The van der Waals surface area contributed by atoms with Crippen LogP contribution in [0.2, 0.25) is 0 Å². The van der Waals surface area contributed by atoms with Gasteiger partial charge in [0.2, 0.25) is 9.84 Å². The third-order valence-electron chi connectivity index (χ3n) is 7.84. The predicted molar refractivity (Wildman–Crippen MR) is 170 cm³/mol. The van der Waals surface area contributed by atoms with E-state index in [-0.39, 0.29) is 11.1 Å². The van der Waals surface area contributed by atoms with Crippen LogP contribution in [0.15, 0.2) is 70.6 Å². The van der Waals surface area contributed by atoms with E-state index in [9.17, 15) is 22.0 Å². The Bertz CT molecular complexity index is 1730. The summed E-state index contributed by atoms with van der Waals surface area (Å²) in [5.41, 5.74) is 5.08. The van der Waals surface area contributed by atoms with Gasteiger partial charge in [0.1, 0.15) is 17.9 Å². The smallest absolute Gasteiger partial charge is 0.273 e. The summed E-state index contributed by atoms with van der Waals surface area (Å²) in [7, 11) is -4.20. The van der Waals surface area contributed by atoms with Gasteiger partial charge in [-0.15, -0.1) is 0 Å². The Labute approximate surface area is 261 Å². The molecule has 1 saturated heterocycles. The van der Waals surface area contributed by atoms with Gasteiger partial charge in [-0.3, -0.25) is 4.79 Å². The van der Waals surface area contributed by atoms with Crippen molar-refractivity contribution in [2.24, 2.45) is 0 Å². The average molecular weight is 641 g/mol. The lowest BCUT2D eigenvalue weighted by Crippen LogP contribution is -2.30. The molecule has 10 nitrogen and oxygen atoms in total. The summed E-state index contributed by atoms with van der Waals surface area (Å²) in [6, 6.07) is 11.8. The second-order valence-corrected chi connectivity index (χ2v) is 12.8. The van der Waals surface area contributed by atoms with E-state index < -0.39 is 32.3 Å². The topological polar surface area (TPSA) is 118 Å². The molecule has 2 heterocycles. The lowest BCUT2D eigenvalue weighted by molar-refractivity contribution is 0.0343. The zero-order valence-corrected chi connectivity index (χ0v) is 26.2. The zero-order valence-electron chi connectivity index (χ0n) is 25.4. The maximum atomic E-state index is 13.7. The highest BCUT2D eigenvalue weighted by Crippen LogP contribution is 2.27. The molecule has 0 saturated carbocycles. The fourth-order valence-electron chi connectivity index (χ4n) is 5.32. The van der Waals surface area contributed by atoms with Crippen molar-refractivity contribution in [2.45, 2.75) is 55.5 Å². The van der Waals surface area contributed by atoms with Crippen LogP contribution in [-0.4, -0.2) is 68.1 Å². The number of anilines is 2. The van der Waals surface area contributed by atoms with Gasteiger partial charge < -0.3 is 20.3 Å². The third kappa shape index (κ3) is 7.78. The van der Waals surface area contributed by atoms with Crippen molar-refractivity contribution in [3.63, 3.8) is 0 Å². The SMILES string of the molecule is CCN(CC)CCCNc1ccc(C(=O)Nn2ncc3cc(S(=O)(=O)c4cc(F)cc(F)c4)ccc32)c(NC2CCCCO2)c1. The first-order valence-corrected chi connectivity index (χ1v) is 16.6. The molecule has 1 unspecified atom stereocenters. The number of carbonyl (C=O) groups is 1. The van der Waals surface area contributed by atoms with Crippen LogP contribution in [0.25, 0.3) is 10.9 Å². The Morgan fingerprint density at radius 3 is 2.51 bits per heavy atom. The molecule has 0 spiro atoms. The first kappa shape index (κ1) is 32.3. The molecule has 0 radical (unpaired) electrons. The molecule has 1 aromatic heterocycles. The molecular formula is C32H38F2N6O4S. The van der Waals surface area contributed by atoms with Gasteiger partial charge >= 0.3 is 0 Å². The van der Waals surface area contributed by atoms with Crippen molar-refractivity contribution >= 4 is 38.0 Å². The number of carbonyl (C=O) groups excluding carboxylic acids is 1. The molecule has 3 N–H and O–H groups in total. The van der Waals surface area contributed by atoms with Crippen molar-refractivity contribution < 1.29 is 26.7 Å². The van der Waals surface area contributed by atoms with Crippen LogP contribution < -0.4 is 16.1 Å². The average Bonchev–Trinajstić information content (AvgIpc) is 3.43.